The van der Waals surface area contributed by atoms with Crippen molar-refractivity contribution in [3.05, 3.63) is 240 Å². The molecule has 2 aromatic heterocycles. The Morgan fingerprint density at radius 3 is 1.53 bits per heavy atom. The second kappa shape index (κ2) is 16.5. The Morgan fingerprint density at radius 1 is 0.375 bits per heavy atom. The molecule has 0 spiro atoms. The highest BCUT2D eigenvalue weighted by Crippen LogP contribution is 2.45. The van der Waals surface area contributed by atoms with E-state index < -0.39 is 0 Å². The molecule has 8 nitrogen and oxygen atoms in total. The Labute approximate surface area is 370 Å². The van der Waals surface area contributed by atoms with Crippen LogP contribution in [-0.2, 0) is 0 Å². The predicted molar refractivity (Wildman–Crippen MR) is 258 cm³/mol. The van der Waals surface area contributed by atoms with Gasteiger partial charge in [-0.05, 0) is 77.9 Å². The molecule has 10 rings (SSSR count). The fraction of sp³-hybridized carbons (Fsp3) is 0. The molecule has 8 heteroatoms. The minimum atomic E-state index is 0.358. The minimum absolute atomic E-state index is 0.358. The molecule has 0 atom stereocenters. The Bertz CT molecular complexity index is 3450. The third kappa shape index (κ3) is 6.83. The lowest BCUT2D eigenvalue weighted by Crippen LogP contribution is -2.09. The van der Waals surface area contributed by atoms with Crippen LogP contribution in [-0.4, -0.2) is 14.5 Å². The monoisotopic (exact) mass is 816 g/mol. The number of rotatable bonds is 8. The molecule has 0 amide bonds. The van der Waals surface area contributed by atoms with Crippen LogP contribution in [0.1, 0.15) is 0 Å². The number of fused-ring (bicyclic) bond motifs is 3. The zero-order chi connectivity index (χ0) is 43.6. The number of anilines is 3. The number of hydrogen-bond acceptors (Lipinski definition) is 3. The summed E-state index contributed by atoms with van der Waals surface area (Å²) in [4.78, 5) is 27.6. The average molecular weight is 817 g/mol. The molecule has 0 aliphatic carbocycles. The number of benzene rings is 8. The second-order valence-electron chi connectivity index (χ2n) is 14.9. The number of nitrogens with zero attached hydrogens (tertiary/aromatic N) is 8. The predicted octanol–water partition coefficient (Wildman–Crippen LogP) is 15.9. The third-order valence-electron chi connectivity index (χ3n) is 11.3. The van der Waals surface area contributed by atoms with Gasteiger partial charge in [0.25, 0.3) is 0 Å². The molecule has 0 saturated carbocycles. The molecule has 0 unspecified atom stereocenters. The summed E-state index contributed by atoms with van der Waals surface area (Å²) in [5, 5.41) is 2.01. The van der Waals surface area contributed by atoms with Gasteiger partial charge in [0, 0.05) is 44.5 Å². The van der Waals surface area contributed by atoms with E-state index in [2.05, 4.69) is 77.4 Å². The van der Waals surface area contributed by atoms with Crippen molar-refractivity contribution >= 4 is 61.6 Å². The first kappa shape index (κ1) is 38.6. The van der Waals surface area contributed by atoms with Crippen LogP contribution < -0.4 is 4.90 Å². The number of hydrogen-bond donors (Lipinski definition) is 0. The third-order valence-corrected chi connectivity index (χ3v) is 11.3. The maximum atomic E-state index is 8.45. The van der Waals surface area contributed by atoms with E-state index in [0.717, 1.165) is 55.6 Å². The molecule has 0 aliphatic rings. The van der Waals surface area contributed by atoms with Crippen LogP contribution in [0.25, 0.3) is 91.9 Å². The van der Waals surface area contributed by atoms with Gasteiger partial charge in [-0.25, -0.2) is 29.3 Å². The van der Waals surface area contributed by atoms with E-state index in [1.54, 1.807) is 12.1 Å². The van der Waals surface area contributed by atoms with Gasteiger partial charge in [-0.3, -0.25) is 0 Å². The summed E-state index contributed by atoms with van der Waals surface area (Å²) >= 11 is 0. The van der Waals surface area contributed by atoms with E-state index >= 15 is 0 Å². The normalized spacial score (nSPS) is 10.8. The maximum absolute atomic E-state index is 8.45. The van der Waals surface area contributed by atoms with Crippen molar-refractivity contribution in [1.82, 2.24) is 14.5 Å². The molecule has 296 valence electrons. The number of para-hydroxylation sites is 5. The van der Waals surface area contributed by atoms with Crippen molar-refractivity contribution in [2.24, 2.45) is 0 Å². The van der Waals surface area contributed by atoms with Crippen molar-refractivity contribution in [3.63, 3.8) is 0 Å². The fourth-order valence-electron chi connectivity index (χ4n) is 8.35. The first-order valence-corrected chi connectivity index (χ1v) is 20.4. The Balaban J connectivity index is 1.07. The van der Waals surface area contributed by atoms with Gasteiger partial charge < -0.3 is 9.47 Å². The van der Waals surface area contributed by atoms with Crippen LogP contribution in [0.2, 0.25) is 0 Å². The van der Waals surface area contributed by atoms with Gasteiger partial charge in [0.15, 0.2) is 11.4 Å². The second-order valence-corrected chi connectivity index (χ2v) is 14.9. The lowest BCUT2D eigenvalue weighted by Gasteiger charge is -2.25. The quantitative estimate of drug-likeness (QED) is 0.144. The van der Waals surface area contributed by atoms with Crippen LogP contribution in [0.5, 0.6) is 0 Å². The first-order chi connectivity index (χ1) is 31.6. The van der Waals surface area contributed by atoms with Crippen molar-refractivity contribution in [2.45, 2.75) is 0 Å². The van der Waals surface area contributed by atoms with E-state index in [4.69, 9.17) is 36.3 Å². The molecule has 8 aromatic carbocycles. The maximum Gasteiger partial charge on any atom is 0.200 e. The lowest BCUT2D eigenvalue weighted by molar-refractivity contribution is 1.19. The lowest BCUT2D eigenvalue weighted by atomic mass is 9.99. The van der Waals surface area contributed by atoms with Gasteiger partial charge >= 0.3 is 0 Å². The van der Waals surface area contributed by atoms with Gasteiger partial charge in [0.2, 0.25) is 11.4 Å². The van der Waals surface area contributed by atoms with Crippen molar-refractivity contribution in [1.29, 1.82) is 0 Å². The fourth-order valence-corrected chi connectivity index (χ4v) is 8.35. The molecule has 0 fully saturated rings. The number of aromatic nitrogens is 3. The van der Waals surface area contributed by atoms with Gasteiger partial charge in [0.1, 0.15) is 5.82 Å². The molecule has 0 N–H and O–H groups in total. The summed E-state index contributed by atoms with van der Waals surface area (Å²) in [5.74, 6) is 0.382. The van der Waals surface area contributed by atoms with Gasteiger partial charge in [-0.1, -0.05) is 127 Å². The molecule has 10 aromatic rings. The molecular formula is C56H32N8. The smallest absolute Gasteiger partial charge is 0.200 e. The average Bonchev–Trinajstić information content (AvgIpc) is 3.69. The van der Waals surface area contributed by atoms with Crippen LogP contribution >= 0.6 is 0 Å². The zero-order valence-corrected chi connectivity index (χ0v) is 34.1. The van der Waals surface area contributed by atoms with Crippen LogP contribution in [0.15, 0.2) is 194 Å². The Hall–Kier alpha value is -9.60. The van der Waals surface area contributed by atoms with Gasteiger partial charge in [-0.15, -0.1) is 0 Å². The first-order valence-electron chi connectivity index (χ1n) is 20.4. The topological polar surface area (TPSA) is 51.4 Å². The molecule has 0 radical (unpaired) electrons. The zero-order valence-electron chi connectivity index (χ0n) is 34.1. The van der Waals surface area contributed by atoms with E-state index in [0.29, 0.717) is 56.8 Å². The van der Waals surface area contributed by atoms with Crippen molar-refractivity contribution < 1.29 is 0 Å². The van der Waals surface area contributed by atoms with Gasteiger partial charge in [-0.2, -0.15) is 0 Å². The molecule has 0 bridgehead atoms. The highest BCUT2D eigenvalue weighted by molar-refractivity contribution is 6.12. The summed E-state index contributed by atoms with van der Waals surface area (Å²) in [6.45, 7) is 32.5. The largest absolute Gasteiger partial charge is 0.329 e. The summed E-state index contributed by atoms with van der Waals surface area (Å²) in [6.07, 6.45) is 0. The van der Waals surface area contributed by atoms with Crippen LogP contribution in [0.4, 0.5) is 39.8 Å². The summed E-state index contributed by atoms with van der Waals surface area (Å²) < 4.78 is 2.06. The van der Waals surface area contributed by atoms with E-state index in [1.165, 1.54) is 0 Å². The standard InChI is InChI=1S/C56H32N8/c1-57-47-24-14-11-22-44(47)50-36-49(61-56(62-50)45-23-12-15-25-48(45)58-2)38-29-27-37(28-30-38)39-33-51(59-3)55(52(34-39)60-4)64-53-26-16-13-21-43(53)46-35-42(31-32-54(46)64)63(40-17-7-5-8-18-40)41-19-9-6-10-20-41/h5-36H. The van der Waals surface area contributed by atoms with Crippen LogP contribution in [0.3, 0.4) is 0 Å². The van der Waals surface area contributed by atoms with Crippen molar-refractivity contribution in [2.75, 3.05) is 4.90 Å². The summed E-state index contributed by atoms with van der Waals surface area (Å²) in [6, 6.07) is 63.0. The van der Waals surface area contributed by atoms with E-state index in [-0.39, 0.29) is 0 Å². The minimum Gasteiger partial charge on any atom is -0.329 e. The van der Waals surface area contributed by atoms with E-state index in [1.807, 2.05) is 133 Å². The summed E-state index contributed by atoms with van der Waals surface area (Å²) in [5.41, 5.74) is 11.8. The molecule has 0 aliphatic heterocycles. The molecule has 2 heterocycles. The van der Waals surface area contributed by atoms with Crippen molar-refractivity contribution in [3.8, 4) is 50.7 Å². The summed E-state index contributed by atoms with van der Waals surface area (Å²) in [7, 11) is 0. The molecular weight excluding hydrogens is 785 g/mol. The highest BCUT2D eigenvalue weighted by Gasteiger charge is 2.22. The van der Waals surface area contributed by atoms with Crippen LogP contribution in [0, 0.1) is 26.3 Å². The van der Waals surface area contributed by atoms with Gasteiger partial charge in [0.05, 0.1) is 54.4 Å². The Kier molecular flexibility index (Phi) is 9.92. The van der Waals surface area contributed by atoms with E-state index in [9.17, 15) is 0 Å². The SMILES string of the molecule is [C-]#[N+]c1ccccc1-c1cc(-c2ccc(-c3cc([N+]#[C-])c(-n4c5ccccc5c5cc(N(c6ccccc6)c6ccccc6)ccc54)c([N+]#[C-])c3)cc2)nc(-c2ccccc2[N+]#[C-])n1. The molecule has 64 heavy (non-hydrogen) atoms. The Morgan fingerprint density at radius 2 is 0.891 bits per heavy atom. The highest BCUT2D eigenvalue weighted by atomic mass is 15.1. The molecule has 0 saturated heterocycles.